The number of halogens is 2. The lowest BCUT2D eigenvalue weighted by Gasteiger charge is -2.23. The molecule has 0 saturated carbocycles. The summed E-state index contributed by atoms with van der Waals surface area (Å²) in [6, 6.07) is 12.9. The minimum absolute atomic E-state index is 0.0284. The van der Waals surface area contributed by atoms with Gasteiger partial charge in [-0.15, -0.1) is 0 Å². The van der Waals surface area contributed by atoms with Gasteiger partial charge in [0.15, 0.2) is 0 Å². The van der Waals surface area contributed by atoms with Crippen LogP contribution < -0.4 is 21.3 Å². The Balaban J connectivity index is 1.35. The predicted octanol–water partition coefficient (Wildman–Crippen LogP) is 2.25. The van der Waals surface area contributed by atoms with Crippen LogP contribution in [0.2, 0.25) is 0 Å². The van der Waals surface area contributed by atoms with E-state index in [0.717, 1.165) is 36.0 Å². The highest BCUT2D eigenvalue weighted by molar-refractivity contribution is 5.82. The molecule has 4 N–H and O–H groups in total. The Kier molecular flexibility index (Phi) is 7.54. The van der Waals surface area contributed by atoms with Crippen LogP contribution in [0.15, 0.2) is 54.7 Å². The zero-order chi connectivity index (χ0) is 23.0. The predicted molar refractivity (Wildman–Crippen MR) is 123 cm³/mol. The monoisotopic (exact) mass is 452 g/mol. The van der Waals surface area contributed by atoms with Gasteiger partial charge in [-0.3, -0.25) is 4.79 Å². The van der Waals surface area contributed by atoms with Gasteiger partial charge in [-0.25, -0.2) is 18.7 Å². The topological polar surface area (TPSA) is 91.0 Å². The zero-order valence-corrected chi connectivity index (χ0v) is 18.1. The maximum Gasteiger partial charge on any atom is 0.238 e. The van der Waals surface area contributed by atoms with Crippen LogP contribution in [0.4, 0.5) is 14.7 Å². The summed E-state index contributed by atoms with van der Waals surface area (Å²) in [6.45, 7) is 3.12. The van der Waals surface area contributed by atoms with Crippen LogP contribution in [-0.4, -0.2) is 48.1 Å². The van der Waals surface area contributed by atoms with E-state index in [2.05, 4.69) is 31.2 Å². The van der Waals surface area contributed by atoms with Crippen LogP contribution in [0, 0.1) is 11.6 Å². The van der Waals surface area contributed by atoms with Gasteiger partial charge in [0.1, 0.15) is 11.6 Å². The number of hydrogen-bond acceptors (Lipinski definition) is 6. The van der Waals surface area contributed by atoms with Crippen molar-refractivity contribution in [2.24, 2.45) is 0 Å². The molecule has 1 fully saturated rings. The molecule has 33 heavy (non-hydrogen) atoms. The molecule has 0 spiro atoms. The van der Waals surface area contributed by atoms with Crippen molar-refractivity contribution >= 4 is 11.9 Å². The van der Waals surface area contributed by atoms with E-state index < -0.39 is 11.6 Å². The Morgan fingerprint density at radius 1 is 1.06 bits per heavy atom. The van der Waals surface area contributed by atoms with Gasteiger partial charge < -0.3 is 21.3 Å². The van der Waals surface area contributed by atoms with Crippen LogP contribution in [0.3, 0.4) is 0 Å². The third-order valence-electron chi connectivity index (χ3n) is 5.32. The van der Waals surface area contributed by atoms with E-state index in [1.807, 2.05) is 30.3 Å². The standard InChI is InChI=1S/C24H26F2N6O/c25-19-11-16(12-20(26)13-19)4-6-29-24-30-7-5-21(32-24)18-3-1-2-17(10-18)14-31-23(33)22-15-27-8-9-28-22/h1-3,5,7,10-13,22,27-28H,4,6,8-9,14-15H2,(H,31,33)(H,29,30,32). The number of nitrogens with one attached hydrogen (secondary N) is 4. The zero-order valence-electron chi connectivity index (χ0n) is 18.1. The van der Waals surface area contributed by atoms with Crippen molar-refractivity contribution in [2.75, 3.05) is 31.5 Å². The van der Waals surface area contributed by atoms with Crippen LogP contribution >= 0.6 is 0 Å². The molecule has 0 radical (unpaired) electrons. The average molecular weight is 453 g/mol. The first-order chi connectivity index (χ1) is 16.1. The number of rotatable bonds is 8. The lowest BCUT2D eigenvalue weighted by atomic mass is 10.1. The van der Waals surface area contributed by atoms with E-state index in [-0.39, 0.29) is 11.9 Å². The fraction of sp³-hybridized carbons (Fsp3) is 0.292. The number of hydrogen-bond donors (Lipinski definition) is 4. The summed E-state index contributed by atoms with van der Waals surface area (Å²) < 4.78 is 26.7. The van der Waals surface area contributed by atoms with Gasteiger partial charge in [0.05, 0.1) is 11.7 Å². The van der Waals surface area contributed by atoms with E-state index in [1.165, 1.54) is 12.1 Å². The molecule has 4 rings (SSSR count). The number of aromatic nitrogens is 2. The van der Waals surface area contributed by atoms with E-state index in [0.29, 0.717) is 37.6 Å². The first-order valence-corrected chi connectivity index (χ1v) is 10.9. The molecule has 1 aliphatic rings. The second-order valence-corrected chi connectivity index (χ2v) is 7.85. The number of benzene rings is 2. The van der Waals surface area contributed by atoms with Crippen LogP contribution in [0.25, 0.3) is 11.3 Å². The molecule has 1 aliphatic heterocycles. The first kappa shape index (κ1) is 22.8. The molecule has 1 amide bonds. The van der Waals surface area contributed by atoms with Crippen LogP contribution in [0.5, 0.6) is 0 Å². The fourth-order valence-corrected chi connectivity index (χ4v) is 3.67. The molecule has 2 aromatic carbocycles. The fourth-order valence-electron chi connectivity index (χ4n) is 3.67. The average Bonchev–Trinajstić information content (AvgIpc) is 2.83. The highest BCUT2D eigenvalue weighted by Crippen LogP contribution is 2.19. The highest BCUT2D eigenvalue weighted by atomic mass is 19.1. The maximum atomic E-state index is 13.3. The number of carbonyl (C=O) groups excluding carboxylic acids is 1. The quantitative estimate of drug-likeness (QED) is 0.419. The molecule has 7 nitrogen and oxygen atoms in total. The smallest absolute Gasteiger partial charge is 0.238 e. The molecule has 1 atom stereocenters. The number of carbonyl (C=O) groups is 1. The van der Waals surface area contributed by atoms with Crippen molar-refractivity contribution in [1.82, 2.24) is 25.9 Å². The highest BCUT2D eigenvalue weighted by Gasteiger charge is 2.19. The third kappa shape index (κ3) is 6.53. The van der Waals surface area contributed by atoms with Crippen molar-refractivity contribution in [3.8, 4) is 11.3 Å². The van der Waals surface area contributed by atoms with Crippen molar-refractivity contribution < 1.29 is 13.6 Å². The summed E-state index contributed by atoms with van der Waals surface area (Å²) >= 11 is 0. The Labute approximate surface area is 191 Å². The Morgan fingerprint density at radius 3 is 2.70 bits per heavy atom. The Hall–Kier alpha value is -3.43. The number of piperazine rings is 1. The summed E-state index contributed by atoms with van der Waals surface area (Å²) in [4.78, 5) is 21.1. The number of amides is 1. The maximum absolute atomic E-state index is 13.3. The molecule has 3 aromatic rings. The molecule has 1 unspecified atom stereocenters. The van der Waals surface area contributed by atoms with Crippen molar-refractivity contribution in [2.45, 2.75) is 19.0 Å². The molecule has 2 heterocycles. The summed E-state index contributed by atoms with van der Waals surface area (Å²) in [5, 5.41) is 12.5. The van der Waals surface area contributed by atoms with Gasteiger partial charge in [0.25, 0.3) is 0 Å². The van der Waals surface area contributed by atoms with E-state index in [9.17, 15) is 13.6 Å². The van der Waals surface area contributed by atoms with Crippen molar-refractivity contribution in [3.05, 3.63) is 77.5 Å². The van der Waals surface area contributed by atoms with Crippen molar-refractivity contribution in [1.29, 1.82) is 0 Å². The summed E-state index contributed by atoms with van der Waals surface area (Å²) in [5.74, 6) is -0.782. The largest absolute Gasteiger partial charge is 0.354 e. The van der Waals surface area contributed by atoms with Gasteiger partial charge >= 0.3 is 0 Å². The van der Waals surface area contributed by atoms with Gasteiger partial charge in [-0.1, -0.05) is 18.2 Å². The normalized spacial score (nSPS) is 15.8. The molecule has 1 saturated heterocycles. The van der Waals surface area contributed by atoms with Gasteiger partial charge in [-0.2, -0.15) is 0 Å². The number of anilines is 1. The molecule has 1 aromatic heterocycles. The lowest BCUT2D eigenvalue weighted by molar-refractivity contribution is -0.123. The summed E-state index contributed by atoms with van der Waals surface area (Å²) in [7, 11) is 0. The van der Waals surface area contributed by atoms with E-state index in [1.54, 1.807) is 6.20 Å². The molecular weight excluding hydrogens is 426 g/mol. The first-order valence-electron chi connectivity index (χ1n) is 10.9. The number of nitrogens with zero attached hydrogens (tertiary/aromatic N) is 2. The Bertz CT molecular complexity index is 1080. The molecule has 9 heteroatoms. The second-order valence-electron chi connectivity index (χ2n) is 7.85. The molecule has 0 bridgehead atoms. The molecule has 0 aliphatic carbocycles. The minimum Gasteiger partial charge on any atom is -0.354 e. The van der Waals surface area contributed by atoms with Crippen LogP contribution in [-0.2, 0) is 17.8 Å². The van der Waals surface area contributed by atoms with E-state index >= 15 is 0 Å². The van der Waals surface area contributed by atoms with Crippen LogP contribution in [0.1, 0.15) is 11.1 Å². The minimum atomic E-state index is -0.592. The van der Waals surface area contributed by atoms with Gasteiger partial charge in [0.2, 0.25) is 11.9 Å². The van der Waals surface area contributed by atoms with Gasteiger partial charge in [0, 0.05) is 50.6 Å². The van der Waals surface area contributed by atoms with E-state index in [4.69, 9.17) is 0 Å². The molecular formula is C24H26F2N6O. The summed E-state index contributed by atoms with van der Waals surface area (Å²) in [6.07, 6.45) is 2.09. The summed E-state index contributed by atoms with van der Waals surface area (Å²) in [5.41, 5.74) is 3.16. The molecule has 172 valence electrons. The van der Waals surface area contributed by atoms with Gasteiger partial charge in [-0.05, 0) is 41.8 Å². The second kappa shape index (κ2) is 10.9. The third-order valence-corrected chi connectivity index (χ3v) is 5.32. The Morgan fingerprint density at radius 2 is 1.91 bits per heavy atom. The lowest BCUT2D eigenvalue weighted by Crippen LogP contribution is -2.55. The van der Waals surface area contributed by atoms with Crippen molar-refractivity contribution in [3.63, 3.8) is 0 Å². The SMILES string of the molecule is O=C(NCc1cccc(-c2ccnc(NCCc3cc(F)cc(F)c3)n2)c1)C1CNCCN1.